The van der Waals surface area contributed by atoms with Gasteiger partial charge in [-0.25, -0.2) is 9.97 Å². The van der Waals surface area contributed by atoms with E-state index in [4.69, 9.17) is 4.74 Å². The van der Waals surface area contributed by atoms with E-state index < -0.39 is 0 Å². The van der Waals surface area contributed by atoms with Gasteiger partial charge in [0.1, 0.15) is 0 Å². The van der Waals surface area contributed by atoms with Crippen LogP contribution >= 0.6 is 0 Å². The van der Waals surface area contributed by atoms with E-state index >= 15 is 0 Å². The molecule has 2 heterocycles. The number of anilines is 1. The van der Waals surface area contributed by atoms with E-state index in [1.165, 1.54) is 0 Å². The molecule has 2 aromatic rings. The van der Waals surface area contributed by atoms with E-state index in [9.17, 15) is 0 Å². The van der Waals surface area contributed by atoms with E-state index in [0.717, 1.165) is 18.1 Å². The second kappa shape index (κ2) is 6.05. The van der Waals surface area contributed by atoms with Gasteiger partial charge in [-0.3, -0.25) is 0 Å². The van der Waals surface area contributed by atoms with Gasteiger partial charge in [0, 0.05) is 31.2 Å². The van der Waals surface area contributed by atoms with Gasteiger partial charge in [0.2, 0.25) is 0 Å². The van der Waals surface area contributed by atoms with Crippen LogP contribution in [-0.2, 0) is 6.54 Å². The minimum atomic E-state index is 0.244. The fourth-order valence-electron chi connectivity index (χ4n) is 1.76. The fourth-order valence-corrected chi connectivity index (χ4v) is 1.76. The molecule has 0 aliphatic rings. The molecule has 1 atom stereocenters. The highest BCUT2D eigenvalue weighted by Crippen LogP contribution is 2.21. The molecule has 0 radical (unpaired) electrons. The minimum absolute atomic E-state index is 0.244. The molecule has 0 aromatic carbocycles. The molecule has 0 saturated heterocycles. The van der Waals surface area contributed by atoms with Crippen molar-refractivity contribution in [3.8, 4) is 5.75 Å². The standard InChI is InChI=1S/C13H18N4O/c1-3-18-12-5-4-6-15-13(12)16-11(2)9-17-8-7-14-10-17/h4-8,10-11H,3,9H2,1-2H3,(H,15,16). The summed E-state index contributed by atoms with van der Waals surface area (Å²) in [7, 11) is 0. The van der Waals surface area contributed by atoms with Crippen molar-refractivity contribution in [2.45, 2.75) is 26.4 Å². The molecule has 18 heavy (non-hydrogen) atoms. The number of hydrogen-bond acceptors (Lipinski definition) is 4. The monoisotopic (exact) mass is 246 g/mol. The maximum Gasteiger partial charge on any atom is 0.169 e. The molecule has 0 bridgehead atoms. The third-order valence-corrected chi connectivity index (χ3v) is 2.50. The Morgan fingerprint density at radius 3 is 3.06 bits per heavy atom. The second-order valence-electron chi connectivity index (χ2n) is 4.09. The van der Waals surface area contributed by atoms with Gasteiger partial charge in [-0.2, -0.15) is 0 Å². The smallest absolute Gasteiger partial charge is 0.169 e. The van der Waals surface area contributed by atoms with E-state index in [-0.39, 0.29) is 6.04 Å². The summed E-state index contributed by atoms with van der Waals surface area (Å²) >= 11 is 0. The van der Waals surface area contributed by atoms with Crippen LogP contribution in [0.15, 0.2) is 37.1 Å². The zero-order valence-corrected chi connectivity index (χ0v) is 10.7. The number of hydrogen-bond donors (Lipinski definition) is 1. The molecule has 0 spiro atoms. The van der Waals surface area contributed by atoms with E-state index in [0.29, 0.717) is 6.61 Å². The number of aromatic nitrogens is 3. The number of imidazole rings is 1. The van der Waals surface area contributed by atoms with Crippen LogP contribution in [0, 0.1) is 0 Å². The van der Waals surface area contributed by atoms with Crippen LogP contribution in [0.2, 0.25) is 0 Å². The minimum Gasteiger partial charge on any atom is -0.490 e. The summed E-state index contributed by atoms with van der Waals surface area (Å²) in [5, 5.41) is 3.35. The number of ether oxygens (including phenoxy) is 1. The van der Waals surface area contributed by atoms with E-state index in [2.05, 4.69) is 22.2 Å². The van der Waals surface area contributed by atoms with Crippen molar-refractivity contribution in [2.24, 2.45) is 0 Å². The predicted molar refractivity (Wildman–Crippen MR) is 70.7 cm³/mol. The summed E-state index contributed by atoms with van der Waals surface area (Å²) in [6.07, 6.45) is 7.29. The Balaban J connectivity index is 2.00. The molecule has 0 fully saturated rings. The normalized spacial score (nSPS) is 12.1. The van der Waals surface area contributed by atoms with Gasteiger partial charge in [-0.1, -0.05) is 0 Å². The van der Waals surface area contributed by atoms with Crippen molar-refractivity contribution in [1.29, 1.82) is 0 Å². The van der Waals surface area contributed by atoms with E-state index in [1.807, 2.05) is 29.8 Å². The number of nitrogens with zero attached hydrogens (tertiary/aromatic N) is 3. The van der Waals surface area contributed by atoms with Crippen LogP contribution in [0.5, 0.6) is 5.75 Å². The van der Waals surface area contributed by atoms with Crippen molar-refractivity contribution in [1.82, 2.24) is 14.5 Å². The summed E-state index contributed by atoms with van der Waals surface area (Å²) in [6, 6.07) is 4.03. The maximum atomic E-state index is 5.53. The third kappa shape index (κ3) is 3.23. The Kier molecular flexibility index (Phi) is 4.17. The zero-order chi connectivity index (χ0) is 12.8. The molecular formula is C13H18N4O. The molecule has 0 saturated carbocycles. The SMILES string of the molecule is CCOc1cccnc1NC(C)Cn1ccnc1. The van der Waals surface area contributed by atoms with Crippen LogP contribution in [0.4, 0.5) is 5.82 Å². The van der Waals surface area contributed by atoms with Gasteiger partial charge < -0.3 is 14.6 Å². The molecular weight excluding hydrogens is 228 g/mol. The maximum absolute atomic E-state index is 5.53. The highest BCUT2D eigenvalue weighted by molar-refractivity contribution is 5.49. The Hall–Kier alpha value is -2.04. The molecule has 1 N–H and O–H groups in total. The lowest BCUT2D eigenvalue weighted by Gasteiger charge is -2.17. The number of rotatable bonds is 6. The van der Waals surface area contributed by atoms with Crippen LogP contribution in [-0.4, -0.2) is 27.2 Å². The second-order valence-corrected chi connectivity index (χ2v) is 4.09. The van der Waals surface area contributed by atoms with Crippen molar-refractivity contribution < 1.29 is 4.74 Å². The first kappa shape index (κ1) is 12.4. The predicted octanol–water partition coefficient (Wildman–Crippen LogP) is 2.18. The Morgan fingerprint density at radius 2 is 2.33 bits per heavy atom. The molecule has 2 rings (SSSR count). The molecule has 96 valence electrons. The van der Waals surface area contributed by atoms with Gasteiger partial charge in [-0.05, 0) is 26.0 Å². The molecule has 0 aliphatic carbocycles. The van der Waals surface area contributed by atoms with Gasteiger partial charge in [0.25, 0.3) is 0 Å². The first-order valence-electron chi connectivity index (χ1n) is 6.09. The van der Waals surface area contributed by atoms with Gasteiger partial charge in [0.15, 0.2) is 11.6 Å². The van der Waals surface area contributed by atoms with Gasteiger partial charge >= 0.3 is 0 Å². The summed E-state index contributed by atoms with van der Waals surface area (Å²) in [6.45, 7) is 5.54. The molecule has 0 amide bonds. The molecule has 5 heteroatoms. The van der Waals surface area contributed by atoms with Crippen LogP contribution in [0.25, 0.3) is 0 Å². The first-order chi connectivity index (χ1) is 8.79. The summed E-state index contributed by atoms with van der Waals surface area (Å²) in [4.78, 5) is 8.33. The zero-order valence-electron chi connectivity index (χ0n) is 10.7. The molecule has 2 aromatic heterocycles. The lowest BCUT2D eigenvalue weighted by molar-refractivity contribution is 0.340. The highest BCUT2D eigenvalue weighted by Gasteiger charge is 2.08. The topological polar surface area (TPSA) is 52.0 Å². The van der Waals surface area contributed by atoms with Crippen LogP contribution in [0.1, 0.15) is 13.8 Å². The van der Waals surface area contributed by atoms with Crippen LogP contribution < -0.4 is 10.1 Å². The molecule has 5 nitrogen and oxygen atoms in total. The van der Waals surface area contributed by atoms with Crippen molar-refractivity contribution >= 4 is 5.82 Å². The Labute approximate surface area is 107 Å². The number of nitrogens with one attached hydrogen (secondary N) is 1. The van der Waals surface area contributed by atoms with Crippen molar-refractivity contribution in [2.75, 3.05) is 11.9 Å². The first-order valence-corrected chi connectivity index (χ1v) is 6.09. The lowest BCUT2D eigenvalue weighted by Crippen LogP contribution is -2.22. The Morgan fingerprint density at radius 1 is 1.44 bits per heavy atom. The highest BCUT2D eigenvalue weighted by atomic mass is 16.5. The van der Waals surface area contributed by atoms with E-state index in [1.54, 1.807) is 18.7 Å². The van der Waals surface area contributed by atoms with Gasteiger partial charge in [0.05, 0.1) is 12.9 Å². The lowest BCUT2D eigenvalue weighted by atomic mass is 10.3. The average molecular weight is 246 g/mol. The quantitative estimate of drug-likeness (QED) is 0.848. The largest absolute Gasteiger partial charge is 0.490 e. The summed E-state index contributed by atoms with van der Waals surface area (Å²) in [5.74, 6) is 1.57. The summed E-state index contributed by atoms with van der Waals surface area (Å²) in [5.41, 5.74) is 0. The van der Waals surface area contributed by atoms with Gasteiger partial charge in [-0.15, -0.1) is 0 Å². The summed E-state index contributed by atoms with van der Waals surface area (Å²) < 4.78 is 7.56. The average Bonchev–Trinajstić information content (AvgIpc) is 2.84. The van der Waals surface area contributed by atoms with Crippen LogP contribution in [0.3, 0.4) is 0 Å². The fraction of sp³-hybridized carbons (Fsp3) is 0.385. The third-order valence-electron chi connectivity index (χ3n) is 2.50. The molecule has 1 unspecified atom stereocenters. The molecule has 0 aliphatic heterocycles. The Bertz CT molecular complexity index is 470. The van der Waals surface area contributed by atoms with Crippen molar-refractivity contribution in [3.05, 3.63) is 37.1 Å². The number of pyridine rings is 1. The van der Waals surface area contributed by atoms with Crippen molar-refractivity contribution in [3.63, 3.8) is 0 Å².